The number of Topliss-reactive ketones (excluding diaryl/α,β-unsaturated/α-hetero) is 1. The number of aromatic nitrogens is 1. The second-order valence-electron chi connectivity index (χ2n) is 5.57. The molecular formula is C19H22N2O6. The first-order valence-electron chi connectivity index (χ1n) is 8.28. The number of benzene rings is 1. The smallest absolute Gasteiger partial charge is 0.340 e. The molecule has 144 valence electrons. The molecule has 0 fully saturated rings. The van der Waals surface area contributed by atoms with Crippen LogP contribution >= 0.6 is 0 Å². The van der Waals surface area contributed by atoms with E-state index in [-0.39, 0.29) is 23.4 Å². The maximum absolute atomic E-state index is 12.6. The highest BCUT2D eigenvalue weighted by Gasteiger charge is 2.31. The lowest BCUT2D eigenvalue weighted by atomic mass is 9.97. The minimum atomic E-state index is -0.810. The quantitative estimate of drug-likeness (QED) is 0.437. The van der Waals surface area contributed by atoms with Crippen molar-refractivity contribution in [3.05, 3.63) is 35.2 Å². The number of ether oxygens (including phenoxy) is 3. The van der Waals surface area contributed by atoms with Crippen molar-refractivity contribution in [3.8, 4) is 22.6 Å². The molecular weight excluding hydrogens is 352 g/mol. The first kappa shape index (κ1) is 20.0. The van der Waals surface area contributed by atoms with E-state index in [4.69, 9.17) is 14.2 Å². The van der Waals surface area contributed by atoms with Crippen LogP contribution in [0.1, 0.15) is 33.5 Å². The number of ketones is 1. The zero-order chi connectivity index (χ0) is 20.1. The summed E-state index contributed by atoms with van der Waals surface area (Å²) in [7, 11) is 4.32. The minimum absolute atomic E-state index is 0.0264. The largest absolute Gasteiger partial charge is 0.497 e. The zero-order valence-electron chi connectivity index (χ0n) is 15.9. The van der Waals surface area contributed by atoms with Crippen molar-refractivity contribution < 1.29 is 28.6 Å². The Morgan fingerprint density at radius 3 is 2.41 bits per heavy atom. The number of carbonyl (C=O) groups is 3. The van der Waals surface area contributed by atoms with Gasteiger partial charge in [0.15, 0.2) is 0 Å². The molecule has 8 heteroatoms. The van der Waals surface area contributed by atoms with Crippen LogP contribution in [0.2, 0.25) is 0 Å². The summed E-state index contributed by atoms with van der Waals surface area (Å²) in [6, 6.07) is 4.97. The average molecular weight is 374 g/mol. The molecule has 1 heterocycles. The Labute approximate surface area is 156 Å². The highest BCUT2D eigenvalue weighted by atomic mass is 16.5. The number of nitrogens with one attached hydrogen (secondary N) is 2. The van der Waals surface area contributed by atoms with Crippen LogP contribution < -0.4 is 14.8 Å². The van der Waals surface area contributed by atoms with Crippen LogP contribution in [0, 0.1) is 6.92 Å². The fraction of sp³-hybridized carbons (Fsp3) is 0.316. The van der Waals surface area contributed by atoms with Gasteiger partial charge in [-0.05, 0) is 32.0 Å². The average Bonchev–Trinajstić information content (AvgIpc) is 3.03. The lowest BCUT2D eigenvalue weighted by molar-refractivity contribution is -0.116. The summed E-state index contributed by atoms with van der Waals surface area (Å²) in [6.45, 7) is 3.47. The molecule has 1 aromatic carbocycles. The van der Waals surface area contributed by atoms with E-state index in [1.54, 1.807) is 32.0 Å². The predicted molar refractivity (Wildman–Crippen MR) is 98.4 cm³/mol. The lowest BCUT2D eigenvalue weighted by Gasteiger charge is -2.13. The van der Waals surface area contributed by atoms with Gasteiger partial charge in [0, 0.05) is 23.9 Å². The Hall–Kier alpha value is -3.29. The normalized spacial score (nSPS) is 10.3. The summed E-state index contributed by atoms with van der Waals surface area (Å²) < 4.78 is 15.8. The predicted octanol–water partition coefficient (Wildman–Crippen LogP) is 2.11. The highest BCUT2D eigenvalue weighted by Crippen LogP contribution is 2.39. The minimum Gasteiger partial charge on any atom is -0.497 e. The summed E-state index contributed by atoms with van der Waals surface area (Å²) >= 11 is 0. The lowest BCUT2D eigenvalue weighted by Crippen LogP contribution is -2.28. The van der Waals surface area contributed by atoms with Gasteiger partial charge >= 0.3 is 5.97 Å². The number of amides is 1. The Morgan fingerprint density at radius 1 is 1.15 bits per heavy atom. The third-order valence-corrected chi connectivity index (χ3v) is 4.00. The third-order valence-electron chi connectivity index (χ3n) is 4.00. The second-order valence-corrected chi connectivity index (χ2v) is 5.57. The number of hydrogen-bond acceptors (Lipinski definition) is 6. The van der Waals surface area contributed by atoms with Gasteiger partial charge in [0.05, 0.1) is 26.4 Å². The van der Waals surface area contributed by atoms with Gasteiger partial charge in [0.1, 0.15) is 17.2 Å². The van der Waals surface area contributed by atoms with Crippen molar-refractivity contribution in [2.75, 3.05) is 27.9 Å². The number of methoxy groups -OCH3 is 2. The molecule has 1 amide bonds. The Morgan fingerprint density at radius 2 is 1.85 bits per heavy atom. The molecule has 2 rings (SSSR count). The van der Waals surface area contributed by atoms with Gasteiger partial charge in [0.25, 0.3) is 11.7 Å². The number of esters is 1. The van der Waals surface area contributed by atoms with Crippen LogP contribution in [0.4, 0.5) is 0 Å². The van der Waals surface area contributed by atoms with Gasteiger partial charge < -0.3 is 24.5 Å². The first-order chi connectivity index (χ1) is 12.9. The molecule has 0 aliphatic heterocycles. The highest BCUT2D eigenvalue weighted by molar-refractivity contribution is 6.43. The maximum atomic E-state index is 12.6. The van der Waals surface area contributed by atoms with Gasteiger partial charge in [-0.1, -0.05) is 0 Å². The van der Waals surface area contributed by atoms with Crippen molar-refractivity contribution in [2.24, 2.45) is 0 Å². The van der Waals surface area contributed by atoms with Crippen LogP contribution in [0.5, 0.6) is 11.5 Å². The molecule has 0 radical (unpaired) electrons. The van der Waals surface area contributed by atoms with Crippen LogP contribution in [0.15, 0.2) is 18.2 Å². The van der Waals surface area contributed by atoms with Crippen LogP contribution in [0.3, 0.4) is 0 Å². The number of hydrogen-bond donors (Lipinski definition) is 2. The van der Waals surface area contributed by atoms with E-state index in [9.17, 15) is 14.4 Å². The zero-order valence-corrected chi connectivity index (χ0v) is 15.9. The summed E-state index contributed by atoms with van der Waals surface area (Å²) in [5.41, 5.74) is 1.20. The summed E-state index contributed by atoms with van der Waals surface area (Å²) in [4.78, 5) is 39.9. The van der Waals surface area contributed by atoms with E-state index in [1.807, 2.05) is 0 Å². The number of H-pyrrole nitrogens is 1. The standard InChI is InChI=1S/C19H22N2O6/c1-6-27-19(24)14-10(2)21-16(17(22)18(23)20-3)15(14)12-9-11(25-4)7-8-13(12)26-5/h7-9,21H,6H2,1-5H3,(H,20,23). The van der Waals surface area contributed by atoms with Crippen molar-refractivity contribution in [2.45, 2.75) is 13.8 Å². The molecule has 0 saturated heterocycles. The number of likely N-dealkylation sites (N-methyl/N-ethyl adjacent to an activating group) is 1. The van der Waals surface area contributed by atoms with Gasteiger partial charge in [0.2, 0.25) is 0 Å². The fourth-order valence-electron chi connectivity index (χ4n) is 2.76. The SMILES string of the molecule is CCOC(=O)c1c(C)[nH]c(C(=O)C(=O)NC)c1-c1cc(OC)ccc1OC. The first-order valence-corrected chi connectivity index (χ1v) is 8.28. The molecule has 0 unspecified atom stereocenters. The van der Waals surface area contributed by atoms with Crippen LogP contribution in [0.25, 0.3) is 11.1 Å². The van der Waals surface area contributed by atoms with E-state index < -0.39 is 17.7 Å². The van der Waals surface area contributed by atoms with Gasteiger partial charge in [-0.3, -0.25) is 9.59 Å². The van der Waals surface area contributed by atoms with E-state index >= 15 is 0 Å². The molecule has 0 saturated carbocycles. The van der Waals surface area contributed by atoms with Crippen molar-refractivity contribution in [1.29, 1.82) is 0 Å². The van der Waals surface area contributed by atoms with Gasteiger partial charge in [-0.15, -0.1) is 0 Å². The topological polar surface area (TPSA) is 107 Å². The number of aryl methyl sites for hydroxylation is 1. The van der Waals surface area contributed by atoms with E-state index in [1.165, 1.54) is 21.3 Å². The molecule has 1 aromatic heterocycles. The fourth-order valence-corrected chi connectivity index (χ4v) is 2.76. The van der Waals surface area contributed by atoms with E-state index in [0.717, 1.165) is 0 Å². The van der Waals surface area contributed by atoms with Gasteiger partial charge in [-0.25, -0.2) is 4.79 Å². The van der Waals surface area contributed by atoms with E-state index in [2.05, 4.69) is 10.3 Å². The number of aromatic amines is 1. The molecule has 8 nitrogen and oxygen atoms in total. The molecule has 0 atom stereocenters. The maximum Gasteiger partial charge on any atom is 0.340 e. The van der Waals surface area contributed by atoms with Gasteiger partial charge in [-0.2, -0.15) is 0 Å². The molecule has 2 N–H and O–H groups in total. The molecule has 0 spiro atoms. The Balaban J connectivity index is 2.85. The molecule has 2 aromatic rings. The van der Waals surface area contributed by atoms with Crippen LogP contribution in [-0.2, 0) is 9.53 Å². The van der Waals surface area contributed by atoms with Crippen molar-refractivity contribution in [1.82, 2.24) is 10.3 Å². The number of rotatable bonds is 7. The summed E-state index contributed by atoms with van der Waals surface area (Å²) in [6.07, 6.45) is 0. The number of carbonyl (C=O) groups excluding carboxylic acids is 3. The van der Waals surface area contributed by atoms with Crippen molar-refractivity contribution >= 4 is 17.7 Å². The van der Waals surface area contributed by atoms with Crippen LogP contribution in [-0.4, -0.2) is 50.5 Å². The molecule has 0 aliphatic carbocycles. The summed E-state index contributed by atoms with van der Waals surface area (Å²) in [5.74, 6) is -1.32. The monoisotopic (exact) mass is 374 g/mol. The Kier molecular flexibility index (Phi) is 6.23. The summed E-state index contributed by atoms with van der Waals surface area (Å²) in [5, 5.41) is 2.30. The Bertz CT molecular complexity index is 885. The third kappa shape index (κ3) is 3.79. The van der Waals surface area contributed by atoms with Crippen molar-refractivity contribution in [3.63, 3.8) is 0 Å². The van der Waals surface area contributed by atoms with E-state index in [0.29, 0.717) is 22.8 Å². The molecule has 0 bridgehead atoms. The second kappa shape index (κ2) is 8.39. The molecule has 27 heavy (non-hydrogen) atoms. The molecule has 0 aliphatic rings.